The van der Waals surface area contributed by atoms with Gasteiger partial charge in [0.2, 0.25) is 0 Å². The number of nitriles is 1. The van der Waals surface area contributed by atoms with Crippen LogP contribution in [-0.4, -0.2) is 23.3 Å². The number of thiophene rings is 3. The Kier molecular flexibility index (Phi) is 11.5. The summed E-state index contributed by atoms with van der Waals surface area (Å²) in [6, 6.07) is 44.5. The topological polar surface area (TPSA) is 64.4 Å². The van der Waals surface area contributed by atoms with Crippen molar-refractivity contribution in [2.24, 2.45) is 5.92 Å². The minimum atomic E-state index is -0.475. The van der Waals surface area contributed by atoms with Crippen molar-refractivity contribution in [1.29, 1.82) is 5.26 Å². The van der Waals surface area contributed by atoms with Gasteiger partial charge in [-0.3, -0.25) is 14.5 Å². The van der Waals surface area contributed by atoms with Gasteiger partial charge >= 0.3 is 0 Å². The van der Waals surface area contributed by atoms with Crippen LogP contribution in [0.1, 0.15) is 51.3 Å². The molecule has 6 aromatic rings. The number of rotatable bonds is 13. The fourth-order valence-corrected chi connectivity index (χ4v) is 9.93. The molecule has 1 aliphatic heterocycles. The van der Waals surface area contributed by atoms with Gasteiger partial charge in [0, 0.05) is 58.4 Å². The van der Waals surface area contributed by atoms with Crippen molar-refractivity contribution < 1.29 is 9.59 Å². The highest BCUT2D eigenvalue weighted by Crippen LogP contribution is 2.43. The van der Waals surface area contributed by atoms with Crippen LogP contribution in [0.4, 0.5) is 17.1 Å². The van der Waals surface area contributed by atoms with Crippen LogP contribution in [0.15, 0.2) is 138 Å². The van der Waals surface area contributed by atoms with E-state index in [0.29, 0.717) is 17.7 Å². The molecule has 0 spiro atoms. The number of para-hydroxylation sites is 2. The van der Waals surface area contributed by atoms with Gasteiger partial charge < -0.3 is 4.90 Å². The Morgan fingerprint density at radius 1 is 0.685 bits per heavy atom. The third-order valence-corrected chi connectivity index (χ3v) is 13.5. The molecular formula is C46H41N3O2S3. The molecule has 3 aromatic heterocycles. The monoisotopic (exact) mass is 763 g/mol. The smallest absolute Gasteiger partial charge is 0.271 e. The largest absolute Gasteiger partial charge is 0.311 e. The second-order valence-corrected chi connectivity index (χ2v) is 16.7. The van der Waals surface area contributed by atoms with Crippen LogP contribution in [0.2, 0.25) is 0 Å². The summed E-state index contributed by atoms with van der Waals surface area (Å²) in [6.07, 6.45) is 5.78. The van der Waals surface area contributed by atoms with Gasteiger partial charge in [0.1, 0.15) is 11.6 Å². The van der Waals surface area contributed by atoms with Crippen LogP contribution >= 0.6 is 34.0 Å². The van der Waals surface area contributed by atoms with Crippen molar-refractivity contribution >= 4 is 69.0 Å². The Morgan fingerprint density at radius 2 is 1.22 bits per heavy atom. The van der Waals surface area contributed by atoms with E-state index in [1.807, 2.05) is 24.3 Å². The van der Waals surface area contributed by atoms with Gasteiger partial charge in [-0.2, -0.15) is 5.26 Å². The van der Waals surface area contributed by atoms with Crippen molar-refractivity contribution in [2.75, 3.05) is 11.4 Å². The predicted octanol–water partition coefficient (Wildman–Crippen LogP) is 13.2. The molecule has 0 aliphatic carbocycles. The van der Waals surface area contributed by atoms with E-state index in [-0.39, 0.29) is 17.4 Å². The van der Waals surface area contributed by atoms with Crippen molar-refractivity contribution in [2.45, 2.75) is 46.5 Å². The Balaban J connectivity index is 1.09. The van der Waals surface area contributed by atoms with Crippen molar-refractivity contribution in [3.8, 4) is 36.0 Å². The summed E-state index contributed by atoms with van der Waals surface area (Å²) in [5.41, 5.74) is 5.43. The van der Waals surface area contributed by atoms with E-state index < -0.39 is 5.91 Å². The number of anilines is 3. The molecule has 0 fully saturated rings. The number of unbranched alkanes of at least 4 members (excludes halogenated alkanes) is 1. The number of imide groups is 1. The van der Waals surface area contributed by atoms with E-state index in [9.17, 15) is 14.9 Å². The summed E-state index contributed by atoms with van der Waals surface area (Å²) in [5.74, 6) is -0.571. The molecule has 1 unspecified atom stereocenters. The van der Waals surface area contributed by atoms with Crippen LogP contribution < -0.4 is 4.90 Å². The molecule has 0 bridgehead atoms. The maximum atomic E-state index is 13.7. The highest BCUT2D eigenvalue weighted by atomic mass is 32.1. The van der Waals surface area contributed by atoms with Crippen LogP contribution in [0.3, 0.4) is 0 Å². The number of hydrogen-bond donors (Lipinski definition) is 0. The zero-order valence-corrected chi connectivity index (χ0v) is 33.1. The molecule has 7 rings (SSSR count). The number of amides is 2. The predicted molar refractivity (Wildman–Crippen MR) is 227 cm³/mol. The van der Waals surface area contributed by atoms with E-state index in [4.69, 9.17) is 0 Å². The quantitative estimate of drug-likeness (QED) is 0.0868. The van der Waals surface area contributed by atoms with Gasteiger partial charge in [-0.05, 0) is 109 Å². The van der Waals surface area contributed by atoms with E-state index in [1.165, 1.54) is 25.1 Å². The maximum absolute atomic E-state index is 13.7. The molecule has 2 amide bonds. The lowest BCUT2D eigenvalue weighted by Gasteiger charge is -2.30. The third kappa shape index (κ3) is 7.81. The summed E-state index contributed by atoms with van der Waals surface area (Å²) in [6.45, 7) is 6.28. The van der Waals surface area contributed by atoms with Crippen LogP contribution in [0, 0.1) is 17.2 Å². The first kappa shape index (κ1) is 37.0. The van der Waals surface area contributed by atoms with E-state index in [2.05, 4.69) is 128 Å². The molecule has 270 valence electrons. The maximum Gasteiger partial charge on any atom is 0.271 e. The first-order chi connectivity index (χ1) is 26.4. The SMILES string of the molecule is CCCCC(CC)CN1C(=O)C(=Cc2ccc(-c3ccc(-c4ccc(-c5ccc(N(c6ccccc6)c6ccccc6)cc5)s4)s3)s2)C(C)=C(C#N)C1=O. The molecule has 1 aliphatic rings. The van der Waals surface area contributed by atoms with E-state index in [1.54, 1.807) is 40.9 Å². The van der Waals surface area contributed by atoms with Gasteiger partial charge in [-0.15, -0.1) is 34.0 Å². The normalized spacial score (nSPS) is 14.5. The van der Waals surface area contributed by atoms with Crippen molar-refractivity contribution in [1.82, 2.24) is 4.90 Å². The number of carbonyl (C=O) groups excluding carboxylic acids is 2. The summed E-state index contributed by atoms with van der Waals surface area (Å²) in [4.78, 5) is 37.3. The molecule has 54 heavy (non-hydrogen) atoms. The molecular weight excluding hydrogens is 723 g/mol. The molecule has 0 saturated heterocycles. The fraction of sp³-hybridized carbons (Fsp3) is 0.196. The zero-order chi connectivity index (χ0) is 37.6. The van der Waals surface area contributed by atoms with Crippen LogP contribution in [0.25, 0.3) is 36.0 Å². The minimum absolute atomic E-state index is 0.0541. The molecule has 0 N–H and O–H groups in total. The molecule has 4 heterocycles. The molecule has 3 aromatic carbocycles. The number of carbonyl (C=O) groups is 2. The van der Waals surface area contributed by atoms with E-state index in [0.717, 1.165) is 57.4 Å². The Bertz CT molecular complexity index is 2320. The summed E-state index contributed by atoms with van der Waals surface area (Å²) >= 11 is 5.14. The van der Waals surface area contributed by atoms with Gasteiger partial charge in [-0.25, -0.2) is 0 Å². The highest BCUT2D eigenvalue weighted by molar-refractivity contribution is 7.27. The fourth-order valence-electron chi connectivity index (χ4n) is 6.78. The molecule has 1 atom stereocenters. The zero-order valence-electron chi connectivity index (χ0n) is 30.6. The Morgan fingerprint density at radius 3 is 1.80 bits per heavy atom. The van der Waals surface area contributed by atoms with Gasteiger partial charge in [0.05, 0.1) is 0 Å². The van der Waals surface area contributed by atoms with Crippen molar-refractivity contribution in [3.63, 3.8) is 0 Å². The lowest BCUT2D eigenvalue weighted by atomic mass is 9.92. The summed E-state index contributed by atoms with van der Waals surface area (Å²) in [5, 5.41) is 9.89. The molecule has 0 radical (unpaired) electrons. The highest BCUT2D eigenvalue weighted by Gasteiger charge is 2.36. The molecule has 5 nitrogen and oxygen atoms in total. The third-order valence-electron chi connectivity index (χ3n) is 9.86. The standard InChI is InChI=1S/C46H41N3O2S3/c1-4-6-13-32(5-2)30-48-45(50)38(31(3)39(29-47)46(48)51)28-37-22-23-41(52-37)42-26-27-44(54-42)43-25-24-40(53-43)33-18-20-36(21-19-33)49(34-14-9-7-10-15-34)35-16-11-8-12-17-35/h7-12,14-28,32H,4-6,13,30H2,1-3H3. The lowest BCUT2D eigenvalue weighted by molar-refractivity contribution is -0.141. The lowest BCUT2D eigenvalue weighted by Crippen LogP contribution is -2.45. The first-order valence-corrected chi connectivity index (χ1v) is 20.8. The Hall–Kier alpha value is -5.33. The van der Waals surface area contributed by atoms with E-state index >= 15 is 0 Å². The second-order valence-electron chi connectivity index (χ2n) is 13.4. The summed E-state index contributed by atoms with van der Waals surface area (Å²) in [7, 11) is 0. The van der Waals surface area contributed by atoms with Crippen LogP contribution in [-0.2, 0) is 9.59 Å². The van der Waals surface area contributed by atoms with Gasteiger partial charge in [-0.1, -0.05) is 81.6 Å². The number of hydrogen-bond acceptors (Lipinski definition) is 7. The second kappa shape index (κ2) is 16.8. The van der Waals surface area contributed by atoms with Gasteiger partial charge in [0.15, 0.2) is 0 Å². The Labute approximate surface area is 329 Å². The average molecular weight is 764 g/mol. The molecule has 0 saturated carbocycles. The van der Waals surface area contributed by atoms with Crippen LogP contribution in [0.5, 0.6) is 0 Å². The average Bonchev–Trinajstić information content (AvgIpc) is 4.00. The number of benzene rings is 3. The first-order valence-electron chi connectivity index (χ1n) is 18.4. The minimum Gasteiger partial charge on any atom is -0.311 e. The molecule has 8 heteroatoms. The summed E-state index contributed by atoms with van der Waals surface area (Å²) < 4.78 is 0. The van der Waals surface area contributed by atoms with Crippen molar-refractivity contribution in [3.05, 3.63) is 143 Å². The number of nitrogens with zero attached hydrogens (tertiary/aromatic N) is 3. The van der Waals surface area contributed by atoms with Gasteiger partial charge in [0.25, 0.3) is 11.8 Å².